The third kappa shape index (κ3) is 4.18. The highest BCUT2D eigenvalue weighted by atomic mass is 35.5. The summed E-state index contributed by atoms with van der Waals surface area (Å²) in [6, 6.07) is 23.0. The van der Waals surface area contributed by atoms with Crippen LogP contribution in [0.15, 0.2) is 79.0 Å². The van der Waals surface area contributed by atoms with Gasteiger partial charge in [0.05, 0.1) is 23.5 Å². The van der Waals surface area contributed by atoms with E-state index in [1.54, 1.807) is 13.2 Å². The van der Waals surface area contributed by atoms with Crippen LogP contribution in [-0.2, 0) is 13.0 Å². The van der Waals surface area contributed by atoms with Crippen LogP contribution in [0.3, 0.4) is 0 Å². The third-order valence-electron chi connectivity index (χ3n) is 6.99. The Morgan fingerprint density at radius 2 is 1.65 bits per heavy atom. The van der Waals surface area contributed by atoms with Gasteiger partial charge in [-0.05, 0) is 78.9 Å². The molecule has 1 N–H and O–H groups in total. The Kier molecular flexibility index (Phi) is 6.19. The van der Waals surface area contributed by atoms with Crippen molar-refractivity contribution in [3.05, 3.63) is 100 Å². The van der Waals surface area contributed by atoms with Gasteiger partial charge in [-0.2, -0.15) is 0 Å². The number of benzene rings is 3. The molecule has 37 heavy (non-hydrogen) atoms. The van der Waals surface area contributed by atoms with E-state index in [0.29, 0.717) is 21.4 Å². The van der Waals surface area contributed by atoms with Crippen LogP contribution in [0.4, 0.5) is 5.69 Å². The Morgan fingerprint density at radius 1 is 0.919 bits per heavy atom. The maximum absolute atomic E-state index is 14.0. The van der Waals surface area contributed by atoms with Gasteiger partial charge in [0.1, 0.15) is 17.1 Å². The van der Waals surface area contributed by atoms with Gasteiger partial charge in [-0.15, -0.1) is 0 Å². The summed E-state index contributed by atoms with van der Waals surface area (Å²) in [6.45, 7) is 0.876. The van der Waals surface area contributed by atoms with E-state index in [-0.39, 0.29) is 5.91 Å². The Morgan fingerprint density at radius 3 is 2.38 bits per heavy atom. The number of nitrogens with zero attached hydrogens (tertiary/aromatic N) is 2. The SMILES string of the molecule is COc1ccc(-c2cn3c(C(=O)Nc4ccccc4Cl)c(-c4ccc(Cl)cc4)c4c3n2CCCC4)cc1. The molecular formula is C30H25Cl2N3O2. The molecule has 0 saturated heterocycles. The Labute approximate surface area is 225 Å². The second-order valence-corrected chi connectivity index (χ2v) is 10.0. The van der Waals surface area contributed by atoms with Gasteiger partial charge < -0.3 is 14.6 Å². The van der Waals surface area contributed by atoms with Crippen molar-refractivity contribution in [2.75, 3.05) is 12.4 Å². The summed E-state index contributed by atoms with van der Waals surface area (Å²) in [5.41, 5.74) is 7.43. The number of ether oxygens (including phenoxy) is 1. The number of para-hydroxylation sites is 1. The molecule has 0 atom stereocenters. The number of nitrogens with one attached hydrogen (secondary N) is 1. The number of rotatable bonds is 5. The lowest BCUT2D eigenvalue weighted by Gasteiger charge is -2.11. The van der Waals surface area contributed by atoms with Crippen molar-refractivity contribution in [1.82, 2.24) is 8.97 Å². The van der Waals surface area contributed by atoms with Crippen LogP contribution in [0.2, 0.25) is 10.0 Å². The standard InChI is InChI=1S/C30H25Cl2N3O2/c1-37-22-15-11-19(12-16-22)26-18-35-28(29(36)33-25-8-3-2-7-24(25)32)27(20-9-13-21(31)14-10-20)23-6-4-5-17-34(26)30(23)35/h2-3,7-16,18H,4-6,17H2,1H3,(H,33,36). The zero-order valence-electron chi connectivity index (χ0n) is 20.3. The summed E-state index contributed by atoms with van der Waals surface area (Å²) < 4.78 is 9.76. The van der Waals surface area contributed by atoms with Crippen molar-refractivity contribution in [1.29, 1.82) is 0 Å². The van der Waals surface area contributed by atoms with E-state index < -0.39 is 0 Å². The number of amides is 1. The second kappa shape index (κ2) is 9.66. The van der Waals surface area contributed by atoms with E-state index in [2.05, 4.69) is 32.6 Å². The Balaban J connectivity index is 1.60. The molecule has 1 aliphatic heterocycles. The highest BCUT2D eigenvalue weighted by molar-refractivity contribution is 6.34. The lowest BCUT2D eigenvalue weighted by Crippen LogP contribution is -2.15. The molecule has 1 aliphatic rings. The molecule has 0 aliphatic carbocycles. The average molecular weight is 530 g/mol. The number of imidazole rings is 1. The molecule has 0 fully saturated rings. The summed E-state index contributed by atoms with van der Waals surface area (Å²) in [6.07, 6.45) is 5.05. The molecule has 3 heterocycles. The minimum absolute atomic E-state index is 0.210. The second-order valence-electron chi connectivity index (χ2n) is 9.19. The van der Waals surface area contributed by atoms with Gasteiger partial charge in [0.15, 0.2) is 0 Å². The third-order valence-corrected chi connectivity index (χ3v) is 7.57. The van der Waals surface area contributed by atoms with Crippen molar-refractivity contribution < 1.29 is 9.53 Å². The predicted octanol–water partition coefficient (Wildman–Crippen LogP) is 7.98. The molecule has 0 bridgehead atoms. The molecule has 6 rings (SSSR count). The van der Waals surface area contributed by atoms with Gasteiger partial charge in [0.2, 0.25) is 0 Å². The first kappa shape index (κ1) is 23.7. The van der Waals surface area contributed by atoms with Crippen LogP contribution in [0.25, 0.3) is 28.0 Å². The van der Waals surface area contributed by atoms with Crippen molar-refractivity contribution in [3.63, 3.8) is 0 Å². The maximum Gasteiger partial charge on any atom is 0.273 e. The topological polar surface area (TPSA) is 47.7 Å². The summed E-state index contributed by atoms with van der Waals surface area (Å²) in [5.74, 6) is 0.599. The predicted molar refractivity (Wildman–Crippen MR) is 150 cm³/mol. The van der Waals surface area contributed by atoms with Gasteiger partial charge in [-0.3, -0.25) is 9.20 Å². The smallest absolute Gasteiger partial charge is 0.273 e. The Bertz CT molecular complexity index is 1620. The van der Waals surface area contributed by atoms with Crippen molar-refractivity contribution in [3.8, 4) is 28.1 Å². The number of hydrogen-bond donors (Lipinski definition) is 1. The quantitative estimate of drug-likeness (QED) is 0.251. The lowest BCUT2D eigenvalue weighted by atomic mass is 9.97. The molecular weight excluding hydrogens is 505 g/mol. The molecule has 5 aromatic rings. The Hall–Kier alpha value is -3.67. The fourth-order valence-corrected chi connectivity index (χ4v) is 5.58. The van der Waals surface area contributed by atoms with E-state index >= 15 is 0 Å². The zero-order valence-corrected chi connectivity index (χ0v) is 21.8. The number of hydrogen-bond acceptors (Lipinski definition) is 2. The summed E-state index contributed by atoms with van der Waals surface area (Å²) in [7, 11) is 1.67. The van der Waals surface area contributed by atoms with E-state index in [4.69, 9.17) is 27.9 Å². The van der Waals surface area contributed by atoms with E-state index in [1.165, 1.54) is 5.56 Å². The molecule has 2 aromatic heterocycles. The van der Waals surface area contributed by atoms with Crippen molar-refractivity contribution in [2.45, 2.75) is 25.8 Å². The normalized spacial score (nSPS) is 12.9. The highest BCUT2D eigenvalue weighted by Gasteiger charge is 2.29. The highest BCUT2D eigenvalue weighted by Crippen LogP contribution is 2.40. The first-order chi connectivity index (χ1) is 18.0. The molecule has 0 spiro atoms. The summed E-state index contributed by atoms with van der Waals surface area (Å²) in [5, 5.41) is 4.21. The van der Waals surface area contributed by atoms with Gasteiger partial charge in [0, 0.05) is 28.9 Å². The van der Waals surface area contributed by atoms with Gasteiger partial charge in [0.25, 0.3) is 5.91 Å². The monoisotopic (exact) mass is 529 g/mol. The lowest BCUT2D eigenvalue weighted by molar-refractivity contribution is 0.102. The van der Waals surface area contributed by atoms with Crippen LogP contribution in [0, 0.1) is 0 Å². The van der Waals surface area contributed by atoms with Crippen molar-refractivity contribution >= 4 is 40.4 Å². The number of carbonyl (C=O) groups excluding carboxylic acids is 1. The van der Waals surface area contributed by atoms with Gasteiger partial charge in [-0.25, -0.2) is 0 Å². The zero-order chi connectivity index (χ0) is 25.5. The number of methoxy groups -OCH3 is 1. The van der Waals surface area contributed by atoms with Crippen LogP contribution in [0.5, 0.6) is 5.75 Å². The minimum Gasteiger partial charge on any atom is -0.497 e. The maximum atomic E-state index is 14.0. The van der Waals surface area contributed by atoms with Crippen LogP contribution < -0.4 is 10.1 Å². The van der Waals surface area contributed by atoms with E-state index in [0.717, 1.165) is 59.6 Å². The fraction of sp³-hybridized carbons (Fsp3) is 0.167. The van der Waals surface area contributed by atoms with Crippen LogP contribution >= 0.6 is 23.2 Å². The molecule has 5 nitrogen and oxygen atoms in total. The van der Waals surface area contributed by atoms with Crippen LogP contribution in [-0.4, -0.2) is 22.0 Å². The molecule has 0 radical (unpaired) electrons. The van der Waals surface area contributed by atoms with Crippen molar-refractivity contribution in [2.24, 2.45) is 0 Å². The first-order valence-electron chi connectivity index (χ1n) is 12.3. The van der Waals surface area contributed by atoms with Gasteiger partial charge in [-0.1, -0.05) is 47.5 Å². The molecule has 7 heteroatoms. The number of anilines is 1. The summed E-state index contributed by atoms with van der Waals surface area (Å²) in [4.78, 5) is 14.0. The van der Waals surface area contributed by atoms with Gasteiger partial charge >= 0.3 is 0 Å². The number of halogens is 2. The molecule has 0 unspecified atom stereocenters. The number of carbonyl (C=O) groups is 1. The van der Waals surface area contributed by atoms with Crippen LogP contribution in [0.1, 0.15) is 28.9 Å². The first-order valence-corrected chi connectivity index (χ1v) is 13.0. The molecule has 0 saturated carbocycles. The molecule has 1 amide bonds. The van der Waals surface area contributed by atoms with E-state index in [1.807, 2.05) is 54.6 Å². The largest absolute Gasteiger partial charge is 0.497 e. The van der Waals surface area contributed by atoms with E-state index in [9.17, 15) is 4.79 Å². The molecule has 3 aromatic carbocycles. The average Bonchev–Trinajstić information content (AvgIpc) is 3.33. The number of aryl methyl sites for hydroxylation is 2. The summed E-state index contributed by atoms with van der Waals surface area (Å²) >= 11 is 12.6. The molecule has 186 valence electrons. The fourth-order valence-electron chi connectivity index (χ4n) is 5.27. The minimum atomic E-state index is -0.210. The number of aromatic nitrogens is 2.